The van der Waals surface area contributed by atoms with E-state index in [4.69, 9.17) is 0 Å². The van der Waals surface area contributed by atoms with Gasteiger partial charge >= 0.3 is 0 Å². The summed E-state index contributed by atoms with van der Waals surface area (Å²) in [5.41, 5.74) is 3.39. The van der Waals surface area contributed by atoms with E-state index in [1.165, 1.54) is 12.0 Å². The maximum Gasteiger partial charge on any atom is -0.00531 e. The molecule has 0 aliphatic carbocycles. The van der Waals surface area contributed by atoms with Crippen LogP contribution in [0, 0.1) is 5.92 Å². The van der Waals surface area contributed by atoms with E-state index in [1.807, 2.05) is 11.3 Å². The molecule has 13 heavy (non-hydrogen) atoms. The summed E-state index contributed by atoms with van der Waals surface area (Å²) in [6.07, 6.45) is 1.22. The van der Waals surface area contributed by atoms with Gasteiger partial charge < -0.3 is 0 Å². The predicted molar refractivity (Wildman–Crippen MR) is 61.6 cm³/mol. The third-order valence-electron chi connectivity index (χ3n) is 2.18. The Morgan fingerprint density at radius 3 is 2.31 bits per heavy atom. The molecule has 74 valence electrons. The number of rotatable bonds is 2. The van der Waals surface area contributed by atoms with Crippen LogP contribution in [0.1, 0.15) is 45.7 Å². The molecule has 0 aliphatic rings. The first kappa shape index (κ1) is 10.8. The van der Waals surface area contributed by atoms with Crippen molar-refractivity contribution in [2.24, 2.45) is 5.92 Å². The van der Waals surface area contributed by atoms with Crippen LogP contribution < -0.4 is 0 Å². The zero-order valence-electron chi connectivity index (χ0n) is 9.35. The largest absolute Gasteiger partial charge is 0.152 e. The molecule has 0 aromatic carbocycles. The van der Waals surface area contributed by atoms with Crippen LogP contribution in [0.5, 0.6) is 0 Å². The van der Waals surface area contributed by atoms with Crippen molar-refractivity contribution in [1.82, 2.24) is 0 Å². The summed E-state index contributed by atoms with van der Waals surface area (Å²) in [5.74, 6) is 0.760. The van der Waals surface area contributed by atoms with Crippen LogP contribution in [0.4, 0.5) is 0 Å². The minimum atomic E-state index is 0.310. The quantitative estimate of drug-likeness (QED) is 0.663. The van der Waals surface area contributed by atoms with E-state index >= 15 is 0 Å². The summed E-state index contributed by atoms with van der Waals surface area (Å²) in [6, 6.07) is 0. The average molecular weight is 196 g/mol. The van der Waals surface area contributed by atoms with E-state index in [1.54, 1.807) is 5.56 Å². The first-order valence-electron chi connectivity index (χ1n) is 4.97. The SMILES string of the molecule is CC(C)Cc1cscc1C(C)(C)C. The molecule has 0 unspecified atom stereocenters. The lowest BCUT2D eigenvalue weighted by Gasteiger charge is -2.20. The summed E-state index contributed by atoms with van der Waals surface area (Å²) in [7, 11) is 0. The highest BCUT2D eigenvalue weighted by molar-refractivity contribution is 7.08. The zero-order valence-corrected chi connectivity index (χ0v) is 10.2. The molecule has 1 aromatic rings. The standard InChI is InChI=1S/C12H20S/c1-9(2)6-10-7-13-8-11(10)12(3,4)5/h7-9H,6H2,1-5H3. The molecule has 1 rings (SSSR count). The van der Waals surface area contributed by atoms with Crippen LogP contribution in [0.2, 0.25) is 0 Å². The molecular formula is C12H20S. The van der Waals surface area contributed by atoms with Gasteiger partial charge in [-0.25, -0.2) is 0 Å². The fourth-order valence-electron chi connectivity index (χ4n) is 1.58. The maximum absolute atomic E-state index is 2.31. The van der Waals surface area contributed by atoms with Crippen molar-refractivity contribution in [3.63, 3.8) is 0 Å². The van der Waals surface area contributed by atoms with Crippen LogP contribution >= 0.6 is 11.3 Å². The van der Waals surface area contributed by atoms with E-state index < -0.39 is 0 Å². The van der Waals surface area contributed by atoms with Crippen molar-refractivity contribution in [2.75, 3.05) is 0 Å². The average Bonchev–Trinajstić information content (AvgIpc) is 2.31. The molecule has 1 heterocycles. The molecule has 0 saturated carbocycles. The minimum absolute atomic E-state index is 0.310. The summed E-state index contributed by atoms with van der Waals surface area (Å²) in [5, 5.41) is 4.61. The summed E-state index contributed by atoms with van der Waals surface area (Å²) in [4.78, 5) is 0. The maximum atomic E-state index is 2.31. The van der Waals surface area contributed by atoms with E-state index in [-0.39, 0.29) is 0 Å². The fourth-order valence-corrected chi connectivity index (χ4v) is 2.68. The smallest absolute Gasteiger partial charge is 0.00531 e. The van der Waals surface area contributed by atoms with E-state index in [9.17, 15) is 0 Å². The molecular weight excluding hydrogens is 176 g/mol. The Morgan fingerprint density at radius 1 is 1.23 bits per heavy atom. The molecule has 0 N–H and O–H groups in total. The number of hydrogen-bond donors (Lipinski definition) is 0. The molecule has 0 nitrogen and oxygen atoms in total. The Kier molecular flexibility index (Phi) is 3.18. The number of thiophene rings is 1. The molecule has 0 fully saturated rings. The first-order chi connectivity index (χ1) is 5.91. The second-order valence-corrected chi connectivity index (χ2v) is 5.90. The molecule has 0 radical (unpaired) electrons. The van der Waals surface area contributed by atoms with Crippen molar-refractivity contribution in [3.05, 3.63) is 21.9 Å². The van der Waals surface area contributed by atoms with Gasteiger partial charge in [-0.15, -0.1) is 0 Å². The Hall–Kier alpha value is -0.300. The third kappa shape index (κ3) is 2.84. The van der Waals surface area contributed by atoms with Crippen LogP contribution in [-0.2, 0) is 11.8 Å². The first-order valence-corrected chi connectivity index (χ1v) is 5.91. The molecule has 0 bridgehead atoms. The molecule has 0 aliphatic heterocycles. The van der Waals surface area contributed by atoms with E-state index in [2.05, 4.69) is 45.4 Å². The second-order valence-electron chi connectivity index (χ2n) is 5.16. The summed E-state index contributed by atoms with van der Waals surface area (Å²) < 4.78 is 0. The summed E-state index contributed by atoms with van der Waals surface area (Å²) >= 11 is 1.84. The molecule has 0 atom stereocenters. The third-order valence-corrected chi connectivity index (χ3v) is 2.97. The van der Waals surface area contributed by atoms with Crippen molar-refractivity contribution in [3.8, 4) is 0 Å². The normalized spacial score (nSPS) is 12.5. The van der Waals surface area contributed by atoms with Crippen molar-refractivity contribution < 1.29 is 0 Å². The molecule has 0 amide bonds. The lowest BCUT2D eigenvalue weighted by Crippen LogP contribution is -2.13. The van der Waals surface area contributed by atoms with Gasteiger partial charge in [0.25, 0.3) is 0 Å². The van der Waals surface area contributed by atoms with Crippen LogP contribution in [0.3, 0.4) is 0 Å². The highest BCUT2D eigenvalue weighted by Crippen LogP contribution is 2.30. The fraction of sp³-hybridized carbons (Fsp3) is 0.667. The van der Waals surface area contributed by atoms with Gasteiger partial charge in [0, 0.05) is 0 Å². The van der Waals surface area contributed by atoms with E-state index in [0.717, 1.165) is 5.92 Å². The lowest BCUT2D eigenvalue weighted by molar-refractivity contribution is 0.570. The zero-order chi connectivity index (χ0) is 10.1. The minimum Gasteiger partial charge on any atom is -0.152 e. The van der Waals surface area contributed by atoms with Crippen molar-refractivity contribution in [1.29, 1.82) is 0 Å². The van der Waals surface area contributed by atoms with Gasteiger partial charge in [-0.05, 0) is 39.6 Å². The molecule has 1 aromatic heterocycles. The van der Waals surface area contributed by atoms with Crippen molar-refractivity contribution in [2.45, 2.75) is 46.5 Å². The van der Waals surface area contributed by atoms with Gasteiger partial charge in [-0.1, -0.05) is 34.6 Å². The Balaban J connectivity index is 2.90. The van der Waals surface area contributed by atoms with Crippen LogP contribution in [0.25, 0.3) is 0 Å². The van der Waals surface area contributed by atoms with Gasteiger partial charge in [-0.2, -0.15) is 11.3 Å². The predicted octanol–water partition coefficient (Wildman–Crippen LogP) is 4.24. The molecule has 0 saturated heterocycles. The lowest BCUT2D eigenvalue weighted by atomic mass is 9.84. The van der Waals surface area contributed by atoms with Gasteiger partial charge in [0.05, 0.1) is 0 Å². The van der Waals surface area contributed by atoms with Gasteiger partial charge in [-0.3, -0.25) is 0 Å². The molecule has 1 heteroatoms. The Bertz CT molecular complexity index is 263. The van der Waals surface area contributed by atoms with Gasteiger partial charge in [0.2, 0.25) is 0 Å². The van der Waals surface area contributed by atoms with Crippen molar-refractivity contribution >= 4 is 11.3 Å². The van der Waals surface area contributed by atoms with Gasteiger partial charge in [0.15, 0.2) is 0 Å². The highest BCUT2D eigenvalue weighted by Gasteiger charge is 2.18. The van der Waals surface area contributed by atoms with Crippen LogP contribution in [-0.4, -0.2) is 0 Å². The molecule has 0 spiro atoms. The Morgan fingerprint density at radius 2 is 1.85 bits per heavy atom. The Labute approximate surface area is 86.0 Å². The van der Waals surface area contributed by atoms with E-state index in [0.29, 0.717) is 5.41 Å². The number of hydrogen-bond acceptors (Lipinski definition) is 1. The monoisotopic (exact) mass is 196 g/mol. The van der Waals surface area contributed by atoms with Crippen LogP contribution in [0.15, 0.2) is 10.8 Å². The van der Waals surface area contributed by atoms with Gasteiger partial charge in [0.1, 0.15) is 0 Å². The second kappa shape index (κ2) is 3.83. The highest BCUT2D eigenvalue weighted by atomic mass is 32.1. The topological polar surface area (TPSA) is 0 Å². The summed E-state index contributed by atoms with van der Waals surface area (Å²) in [6.45, 7) is 11.4.